The van der Waals surface area contributed by atoms with E-state index in [-0.39, 0.29) is 94.7 Å². The Balaban J connectivity index is 1.74. The van der Waals surface area contributed by atoms with E-state index in [0.29, 0.717) is 33.0 Å². The Bertz CT molecular complexity index is 1410. The van der Waals surface area contributed by atoms with E-state index in [1.54, 1.807) is 0 Å². The van der Waals surface area contributed by atoms with Crippen LogP contribution >= 0.6 is 15.1 Å². The van der Waals surface area contributed by atoms with Crippen LogP contribution in [-0.2, 0) is 60.4 Å². The van der Waals surface area contributed by atoms with E-state index in [1.807, 2.05) is 29.4 Å². The summed E-state index contributed by atoms with van der Waals surface area (Å²) in [6, 6.07) is 3.70. The fourth-order valence-corrected chi connectivity index (χ4v) is 9.40. The summed E-state index contributed by atoms with van der Waals surface area (Å²) in [6.45, 7) is 4.48. The Labute approximate surface area is 331 Å². The molecule has 0 radical (unpaired) electrons. The van der Waals surface area contributed by atoms with Crippen molar-refractivity contribution < 1.29 is 60.4 Å². The lowest BCUT2D eigenvalue weighted by atomic mass is 9.16. The summed E-state index contributed by atoms with van der Waals surface area (Å²) in [7, 11) is 3.58. The number of amides is 1. The van der Waals surface area contributed by atoms with Gasteiger partial charge in [0, 0.05) is 37.9 Å². The predicted octanol–water partition coefficient (Wildman–Crippen LogP) is -1.80. The van der Waals surface area contributed by atoms with Crippen LogP contribution in [0, 0.1) is 22.7 Å². The third kappa shape index (κ3) is 16.4. The van der Waals surface area contributed by atoms with Crippen molar-refractivity contribution in [3.63, 3.8) is 0 Å². The summed E-state index contributed by atoms with van der Waals surface area (Å²) >= 11 is 0. The molecule has 3 rings (SSSR count). The van der Waals surface area contributed by atoms with Crippen LogP contribution in [0.25, 0.3) is 0 Å². The molecular formula is C31H57B6N3O13P2. The van der Waals surface area contributed by atoms with Gasteiger partial charge in [0.05, 0.1) is 106 Å². The normalized spacial score (nSPS) is 29.8. The fraction of sp³-hybridized carbons (Fsp3) is 0.806. The quantitative estimate of drug-likeness (QED) is 0.0470. The summed E-state index contributed by atoms with van der Waals surface area (Å²) in [4.78, 5) is 24.2. The third-order valence-electron chi connectivity index (χ3n) is 9.27. The van der Waals surface area contributed by atoms with Gasteiger partial charge in [-0.25, -0.2) is 0 Å². The molecule has 3 heterocycles. The van der Waals surface area contributed by atoms with Crippen molar-refractivity contribution in [3.05, 3.63) is 0 Å². The van der Waals surface area contributed by atoms with E-state index >= 15 is 0 Å². The van der Waals surface area contributed by atoms with Crippen molar-refractivity contribution in [1.82, 2.24) is 5.32 Å². The van der Waals surface area contributed by atoms with Gasteiger partial charge in [-0.3, -0.25) is 9.59 Å². The second-order valence-electron chi connectivity index (χ2n) is 14.5. The SMILES string of the molecule is BB[C@H]1CC(OP(=C)(OCCC#N)OC[C@H]2O[C@@H](B)CC2OC(=O)CCC(=O)NC)[C@@H](COP(=C)(OCCC#N)OC2C[C@H](B(B)B)O[C@@H]2COC(C)C)O1. The maximum atomic E-state index is 12.5. The number of hydrogen-bond donors (Lipinski definition) is 1. The highest BCUT2D eigenvalue weighted by Gasteiger charge is 2.44. The second-order valence-corrected chi connectivity index (χ2v) is 18.4. The highest BCUT2D eigenvalue weighted by Crippen LogP contribution is 2.55. The summed E-state index contributed by atoms with van der Waals surface area (Å²) in [5.74, 6) is -0.781. The number of rotatable bonds is 25. The van der Waals surface area contributed by atoms with Crippen LogP contribution in [0.3, 0.4) is 0 Å². The van der Waals surface area contributed by atoms with Crippen molar-refractivity contribution in [1.29, 1.82) is 10.5 Å². The van der Waals surface area contributed by atoms with Crippen LogP contribution in [0.1, 0.15) is 58.8 Å². The number of esters is 1. The monoisotopic (exact) mass is 807 g/mol. The molecule has 1 amide bonds. The topological polar surface area (TPSA) is 195 Å². The minimum absolute atomic E-state index is 0.00294. The lowest BCUT2D eigenvalue weighted by molar-refractivity contribution is -0.153. The van der Waals surface area contributed by atoms with E-state index in [1.165, 1.54) is 7.05 Å². The molecule has 0 aromatic rings. The molecular weight excluding hydrogens is 749 g/mol. The number of hydrogen-bond acceptors (Lipinski definition) is 15. The van der Waals surface area contributed by atoms with Crippen LogP contribution in [0.15, 0.2) is 0 Å². The molecule has 0 aromatic heterocycles. The van der Waals surface area contributed by atoms with Crippen LogP contribution in [0.5, 0.6) is 0 Å². The molecule has 3 fully saturated rings. The van der Waals surface area contributed by atoms with E-state index in [4.69, 9.17) is 50.8 Å². The van der Waals surface area contributed by atoms with Gasteiger partial charge in [0.2, 0.25) is 5.91 Å². The van der Waals surface area contributed by atoms with Crippen LogP contribution in [-0.4, -0.2) is 170 Å². The standard InChI is InChI=1S/C31H57B6N3O13P2/c1-20(2)43-17-24-23(16-29(50-24)37(34)35)53-55(5,45-13-7-11-39)47-19-26-22(15-28(36-33)49-26)52-54(4,44-12-6-10-38)46-18-25-21(14-27(32)48-25)51-31(42)9-8-30(41)40-3/h20-29,36H,4-9,12-19,32-35H2,1-3H3,(H,40,41)/t21?,22?,23?,24-,25-,26-,27-,28-,29-,54?,55?/m1/s1. The number of nitriles is 2. The highest BCUT2D eigenvalue weighted by molar-refractivity contribution is 7.60. The van der Waals surface area contributed by atoms with Gasteiger partial charge in [0.15, 0.2) is 0 Å². The third-order valence-corrected chi connectivity index (χ3v) is 12.7. The smallest absolute Gasteiger partial charge is 0.306 e. The van der Waals surface area contributed by atoms with Gasteiger partial charge < -0.3 is 56.1 Å². The van der Waals surface area contributed by atoms with Gasteiger partial charge in [-0.1, -0.05) is 0 Å². The Morgan fingerprint density at radius 2 is 1.44 bits per heavy atom. The van der Waals surface area contributed by atoms with Crippen molar-refractivity contribution in [2.75, 3.05) is 40.1 Å². The van der Waals surface area contributed by atoms with Crippen LogP contribution in [0.4, 0.5) is 0 Å². The molecule has 55 heavy (non-hydrogen) atoms. The summed E-state index contributed by atoms with van der Waals surface area (Å²) in [6.07, 6.45) is 6.89. The zero-order valence-electron chi connectivity index (χ0n) is 33.6. The van der Waals surface area contributed by atoms with Crippen molar-refractivity contribution in [2.24, 2.45) is 0 Å². The molecule has 1 N–H and O–H groups in total. The molecule has 16 nitrogen and oxygen atoms in total. The lowest BCUT2D eigenvalue weighted by Crippen LogP contribution is -2.33. The summed E-state index contributed by atoms with van der Waals surface area (Å²) in [5, 5.41) is 20.9. The average Bonchev–Trinajstić information content (AvgIpc) is 3.83. The Morgan fingerprint density at radius 3 is 1.96 bits per heavy atom. The highest BCUT2D eigenvalue weighted by atomic mass is 31.2. The summed E-state index contributed by atoms with van der Waals surface area (Å²) < 4.78 is 68.1. The molecule has 0 bridgehead atoms. The summed E-state index contributed by atoms with van der Waals surface area (Å²) in [5.41, 5.74) is 0. The lowest BCUT2D eigenvalue weighted by Gasteiger charge is -2.32. The first-order chi connectivity index (χ1) is 26.1. The Hall–Kier alpha value is -1.49. The van der Waals surface area contributed by atoms with Crippen molar-refractivity contribution in [3.8, 4) is 12.1 Å². The first-order valence-electron chi connectivity index (χ1n) is 19.3. The zero-order valence-corrected chi connectivity index (χ0v) is 35.3. The molecule has 0 aliphatic carbocycles. The molecule has 5 unspecified atom stereocenters. The zero-order chi connectivity index (χ0) is 40.6. The average molecular weight is 807 g/mol. The number of nitrogens with zero attached hydrogens (tertiary/aromatic N) is 2. The first-order valence-corrected chi connectivity index (χ1v) is 22.7. The van der Waals surface area contributed by atoms with Gasteiger partial charge in [0.1, 0.15) is 45.9 Å². The first kappa shape index (κ1) is 47.9. The molecule has 0 aromatic carbocycles. The Kier molecular flexibility index (Phi) is 20.7. The number of nitrogens with one attached hydrogen (secondary N) is 1. The molecule has 11 atom stereocenters. The molecule has 0 spiro atoms. The van der Waals surface area contributed by atoms with Gasteiger partial charge in [0.25, 0.3) is 15.1 Å². The van der Waals surface area contributed by atoms with Gasteiger partial charge in [-0.2, -0.15) is 10.5 Å². The largest absolute Gasteiger partial charge is 0.459 e. The van der Waals surface area contributed by atoms with Gasteiger partial charge in [-0.15, -0.1) is 0 Å². The molecule has 3 aliphatic heterocycles. The van der Waals surface area contributed by atoms with E-state index in [9.17, 15) is 20.1 Å². The van der Waals surface area contributed by atoms with Crippen LogP contribution in [0.2, 0.25) is 0 Å². The molecule has 0 saturated carbocycles. The minimum atomic E-state index is -3.38. The van der Waals surface area contributed by atoms with Crippen LogP contribution < -0.4 is 5.32 Å². The predicted molar refractivity (Wildman–Crippen MR) is 223 cm³/mol. The molecule has 3 aliphatic rings. The maximum Gasteiger partial charge on any atom is 0.306 e. The Morgan fingerprint density at radius 1 is 0.873 bits per heavy atom. The molecule has 302 valence electrons. The van der Waals surface area contributed by atoms with E-state index in [2.05, 4.69) is 45.5 Å². The molecule has 3 saturated heterocycles. The number of carbonyl (C=O) groups is 2. The number of ether oxygens (including phenoxy) is 5. The van der Waals surface area contributed by atoms with E-state index in [0.717, 1.165) is 0 Å². The van der Waals surface area contributed by atoms with E-state index < -0.39 is 51.6 Å². The van der Waals surface area contributed by atoms with Gasteiger partial charge in [-0.05, 0) is 39.3 Å². The second kappa shape index (κ2) is 23.8. The van der Waals surface area contributed by atoms with Crippen molar-refractivity contribution in [2.45, 2.75) is 120 Å². The van der Waals surface area contributed by atoms with Gasteiger partial charge >= 0.3 is 5.97 Å². The minimum Gasteiger partial charge on any atom is -0.459 e. The maximum absolute atomic E-state index is 12.5. The fourth-order valence-electron chi connectivity index (χ4n) is 6.25. The molecule has 24 heteroatoms. The van der Waals surface area contributed by atoms with Crippen molar-refractivity contribution >= 4 is 84.3 Å². The number of carbonyl (C=O) groups excluding carboxylic acids is 2.